The topological polar surface area (TPSA) is 20.2 Å². The molecule has 1 heteroatoms. The highest BCUT2D eigenvalue weighted by Gasteiger charge is 2.27. The standard InChI is InChI=1S/C11H22O/c1-3-11(2,9-12)8-10-6-4-5-7-10/h10,12H,3-9H2,1-2H3. The van der Waals surface area contributed by atoms with Crippen LogP contribution in [0.15, 0.2) is 0 Å². The van der Waals surface area contributed by atoms with Crippen molar-refractivity contribution in [2.45, 2.75) is 52.4 Å². The van der Waals surface area contributed by atoms with Crippen LogP contribution in [0.3, 0.4) is 0 Å². The van der Waals surface area contributed by atoms with Crippen molar-refractivity contribution in [3.8, 4) is 0 Å². The third-order valence-electron chi connectivity index (χ3n) is 3.49. The second-order valence-electron chi connectivity index (χ2n) is 4.68. The van der Waals surface area contributed by atoms with E-state index in [0.717, 1.165) is 12.3 Å². The van der Waals surface area contributed by atoms with Gasteiger partial charge in [0.1, 0.15) is 0 Å². The molecule has 1 N–H and O–H groups in total. The molecule has 72 valence electrons. The molecule has 0 radical (unpaired) electrons. The van der Waals surface area contributed by atoms with Gasteiger partial charge in [0, 0.05) is 6.61 Å². The molecule has 0 spiro atoms. The van der Waals surface area contributed by atoms with Crippen molar-refractivity contribution < 1.29 is 5.11 Å². The largest absolute Gasteiger partial charge is 0.396 e. The number of hydrogen-bond acceptors (Lipinski definition) is 1. The highest BCUT2D eigenvalue weighted by Crippen LogP contribution is 2.37. The SMILES string of the molecule is CCC(C)(CO)CC1CCCC1. The molecule has 1 saturated carbocycles. The summed E-state index contributed by atoms with van der Waals surface area (Å²) in [6, 6.07) is 0. The quantitative estimate of drug-likeness (QED) is 0.687. The van der Waals surface area contributed by atoms with Crippen LogP contribution in [0, 0.1) is 11.3 Å². The lowest BCUT2D eigenvalue weighted by Gasteiger charge is -2.28. The van der Waals surface area contributed by atoms with E-state index in [1.54, 1.807) is 0 Å². The number of rotatable bonds is 4. The van der Waals surface area contributed by atoms with Gasteiger partial charge in [-0.3, -0.25) is 0 Å². The fraction of sp³-hybridized carbons (Fsp3) is 1.00. The van der Waals surface area contributed by atoms with Gasteiger partial charge >= 0.3 is 0 Å². The Labute approximate surface area is 76.2 Å². The van der Waals surface area contributed by atoms with E-state index in [-0.39, 0.29) is 5.41 Å². The van der Waals surface area contributed by atoms with Crippen LogP contribution >= 0.6 is 0 Å². The van der Waals surface area contributed by atoms with Crippen molar-refractivity contribution >= 4 is 0 Å². The summed E-state index contributed by atoms with van der Waals surface area (Å²) in [7, 11) is 0. The fourth-order valence-electron chi connectivity index (χ4n) is 2.23. The molecule has 1 atom stereocenters. The van der Waals surface area contributed by atoms with Gasteiger partial charge in [-0.1, -0.05) is 39.5 Å². The summed E-state index contributed by atoms with van der Waals surface area (Å²) < 4.78 is 0. The Hall–Kier alpha value is -0.0400. The molecule has 0 bridgehead atoms. The summed E-state index contributed by atoms with van der Waals surface area (Å²) in [6.07, 6.45) is 7.97. The van der Waals surface area contributed by atoms with Gasteiger partial charge < -0.3 is 5.11 Å². The van der Waals surface area contributed by atoms with Crippen LogP contribution in [0.5, 0.6) is 0 Å². The number of aliphatic hydroxyl groups is 1. The van der Waals surface area contributed by atoms with Crippen LogP contribution in [0.4, 0.5) is 0 Å². The van der Waals surface area contributed by atoms with E-state index >= 15 is 0 Å². The van der Waals surface area contributed by atoms with E-state index in [4.69, 9.17) is 0 Å². The van der Waals surface area contributed by atoms with Crippen molar-refractivity contribution in [3.63, 3.8) is 0 Å². The Morgan fingerprint density at radius 1 is 1.33 bits per heavy atom. The zero-order valence-electron chi connectivity index (χ0n) is 8.47. The highest BCUT2D eigenvalue weighted by molar-refractivity contribution is 4.78. The Morgan fingerprint density at radius 2 is 1.92 bits per heavy atom. The Kier molecular flexibility index (Phi) is 3.57. The van der Waals surface area contributed by atoms with Crippen LogP contribution in [0.1, 0.15) is 52.4 Å². The molecule has 0 aromatic carbocycles. The van der Waals surface area contributed by atoms with Gasteiger partial charge in [-0.2, -0.15) is 0 Å². The molecule has 0 amide bonds. The van der Waals surface area contributed by atoms with Crippen LogP contribution in [0.2, 0.25) is 0 Å². The molecule has 1 unspecified atom stereocenters. The van der Waals surface area contributed by atoms with Crippen LogP contribution in [0.25, 0.3) is 0 Å². The minimum Gasteiger partial charge on any atom is -0.396 e. The van der Waals surface area contributed by atoms with Gasteiger partial charge in [0.15, 0.2) is 0 Å². The first-order valence-corrected chi connectivity index (χ1v) is 5.31. The summed E-state index contributed by atoms with van der Waals surface area (Å²) in [6.45, 7) is 4.76. The Bertz CT molecular complexity index is 121. The predicted octanol–water partition coefficient (Wildman–Crippen LogP) is 2.98. The minimum atomic E-state index is 0.203. The predicted molar refractivity (Wildman–Crippen MR) is 52.1 cm³/mol. The lowest BCUT2D eigenvalue weighted by atomic mass is 9.79. The lowest BCUT2D eigenvalue weighted by Crippen LogP contribution is -2.23. The summed E-state index contributed by atoms with van der Waals surface area (Å²) in [4.78, 5) is 0. The molecule has 0 saturated heterocycles. The molecule has 0 aliphatic heterocycles. The van der Waals surface area contributed by atoms with Gasteiger partial charge in [0.05, 0.1) is 0 Å². The normalized spacial score (nSPS) is 24.2. The molecule has 0 heterocycles. The van der Waals surface area contributed by atoms with Gasteiger partial charge in [-0.05, 0) is 24.2 Å². The molecular weight excluding hydrogens is 148 g/mol. The monoisotopic (exact) mass is 170 g/mol. The zero-order valence-corrected chi connectivity index (χ0v) is 8.47. The summed E-state index contributed by atoms with van der Waals surface area (Å²) in [5.74, 6) is 0.905. The van der Waals surface area contributed by atoms with E-state index in [2.05, 4.69) is 13.8 Å². The number of hydrogen-bond donors (Lipinski definition) is 1. The van der Waals surface area contributed by atoms with Crippen LogP contribution < -0.4 is 0 Å². The van der Waals surface area contributed by atoms with Gasteiger partial charge in [0.2, 0.25) is 0 Å². The third-order valence-corrected chi connectivity index (χ3v) is 3.49. The summed E-state index contributed by atoms with van der Waals surface area (Å²) in [5, 5.41) is 9.25. The maximum atomic E-state index is 9.25. The maximum Gasteiger partial charge on any atom is 0.0484 e. The number of aliphatic hydroxyl groups excluding tert-OH is 1. The average molecular weight is 170 g/mol. The summed E-state index contributed by atoms with van der Waals surface area (Å²) >= 11 is 0. The van der Waals surface area contributed by atoms with Gasteiger partial charge in [0.25, 0.3) is 0 Å². The van der Waals surface area contributed by atoms with Crippen molar-refractivity contribution in [1.29, 1.82) is 0 Å². The fourth-order valence-corrected chi connectivity index (χ4v) is 2.23. The van der Waals surface area contributed by atoms with Crippen molar-refractivity contribution in [2.24, 2.45) is 11.3 Å². The molecule has 1 fully saturated rings. The third kappa shape index (κ3) is 2.48. The van der Waals surface area contributed by atoms with Crippen molar-refractivity contribution in [1.82, 2.24) is 0 Å². The lowest BCUT2D eigenvalue weighted by molar-refractivity contribution is 0.109. The second kappa shape index (κ2) is 4.27. The smallest absolute Gasteiger partial charge is 0.0484 e. The van der Waals surface area contributed by atoms with Gasteiger partial charge in [-0.15, -0.1) is 0 Å². The molecule has 0 aromatic rings. The Morgan fingerprint density at radius 3 is 2.33 bits per heavy atom. The second-order valence-corrected chi connectivity index (χ2v) is 4.68. The zero-order chi connectivity index (χ0) is 9.03. The van der Waals surface area contributed by atoms with Crippen molar-refractivity contribution in [3.05, 3.63) is 0 Å². The Balaban J connectivity index is 2.35. The molecular formula is C11H22O. The molecule has 0 aromatic heterocycles. The van der Waals surface area contributed by atoms with Crippen molar-refractivity contribution in [2.75, 3.05) is 6.61 Å². The average Bonchev–Trinajstić information content (AvgIpc) is 2.57. The van der Waals surface area contributed by atoms with Gasteiger partial charge in [-0.25, -0.2) is 0 Å². The maximum absolute atomic E-state index is 9.25. The first-order valence-electron chi connectivity index (χ1n) is 5.31. The van der Waals surface area contributed by atoms with E-state index in [1.807, 2.05) is 0 Å². The molecule has 1 nitrogen and oxygen atoms in total. The molecule has 12 heavy (non-hydrogen) atoms. The highest BCUT2D eigenvalue weighted by atomic mass is 16.3. The first-order chi connectivity index (χ1) is 5.70. The van der Waals surface area contributed by atoms with E-state index in [0.29, 0.717) is 6.61 Å². The first kappa shape index (κ1) is 10.0. The molecule has 1 aliphatic rings. The van der Waals surface area contributed by atoms with E-state index in [1.165, 1.54) is 32.1 Å². The summed E-state index contributed by atoms with van der Waals surface area (Å²) in [5.41, 5.74) is 0.203. The molecule has 1 rings (SSSR count). The minimum absolute atomic E-state index is 0.203. The van der Waals surface area contributed by atoms with Crippen LogP contribution in [-0.4, -0.2) is 11.7 Å². The van der Waals surface area contributed by atoms with E-state index in [9.17, 15) is 5.11 Å². The molecule has 1 aliphatic carbocycles. The van der Waals surface area contributed by atoms with Crippen LogP contribution in [-0.2, 0) is 0 Å². The van der Waals surface area contributed by atoms with E-state index < -0.39 is 0 Å².